The predicted octanol–water partition coefficient (Wildman–Crippen LogP) is 2.12. The Morgan fingerprint density at radius 2 is 2.35 bits per heavy atom. The summed E-state index contributed by atoms with van der Waals surface area (Å²) in [5.41, 5.74) is 1.95. The normalized spacial score (nSPS) is 22.3. The third kappa shape index (κ3) is 2.45. The molecule has 0 radical (unpaired) electrons. The average molecular weight is 337 g/mol. The van der Waals surface area contributed by atoms with Crippen LogP contribution in [-0.4, -0.2) is 32.9 Å². The van der Waals surface area contributed by atoms with Gasteiger partial charge in [0, 0.05) is 17.9 Å². The summed E-state index contributed by atoms with van der Waals surface area (Å²) in [5, 5.41) is 6.14. The number of benzene rings is 1. The summed E-state index contributed by atoms with van der Waals surface area (Å²) in [4.78, 5) is 17.1. The van der Waals surface area contributed by atoms with Gasteiger partial charge < -0.3 is 9.88 Å². The Kier molecular flexibility index (Phi) is 3.76. The summed E-state index contributed by atoms with van der Waals surface area (Å²) in [6.45, 7) is 3.64. The van der Waals surface area contributed by atoms with E-state index in [0.717, 1.165) is 30.5 Å². The molecule has 0 spiro atoms. The van der Waals surface area contributed by atoms with Crippen molar-refractivity contribution in [3.63, 3.8) is 0 Å². The number of halogens is 1. The highest BCUT2D eigenvalue weighted by Crippen LogP contribution is 2.21. The molecule has 1 aliphatic rings. The molecule has 2 aromatic rings. The number of rotatable bonds is 3. The number of aromatic nitrogens is 2. The van der Waals surface area contributed by atoms with E-state index < -0.39 is 0 Å². The molecule has 0 bridgehead atoms. The van der Waals surface area contributed by atoms with Crippen LogP contribution < -0.4 is 10.6 Å². The zero-order valence-electron chi connectivity index (χ0n) is 11.3. The molecular weight excluding hydrogens is 320 g/mol. The zero-order chi connectivity index (χ0) is 14.1. The highest BCUT2D eigenvalue weighted by Gasteiger charge is 2.28. The molecule has 2 atom stereocenters. The lowest BCUT2D eigenvalue weighted by Gasteiger charge is -2.11. The van der Waals surface area contributed by atoms with Crippen molar-refractivity contribution in [2.24, 2.45) is 0 Å². The molecule has 1 fully saturated rings. The van der Waals surface area contributed by atoms with Gasteiger partial charge in [-0.25, -0.2) is 4.98 Å². The van der Waals surface area contributed by atoms with Crippen molar-refractivity contribution in [3.05, 3.63) is 24.3 Å². The predicted molar refractivity (Wildman–Crippen MR) is 83.2 cm³/mol. The Morgan fingerprint density at radius 1 is 1.55 bits per heavy atom. The molecule has 1 amide bonds. The van der Waals surface area contributed by atoms with Gasteiger partial charge in [0.1, 0.15) is 0 Å². The van der Waals surface area contributed by atoms with Gasteiger partial charge in [0.25, 0.3) is 0 Å². The Hall–Kier alpha value is -1.40. The maximum atomic E-state index is 12.3. The Labute approximate surface area is 125 Å². The number of alkyl halides is 1. The number of anilines is 1. The number of nitrogens with zero attached hydrogens (tertiary/aromatic N) is 2. The molecule has 1 aromatic heterocycles. The molecule has 1 aliphatic heterocycles. The van der Waals surface area contributed by atoms with E-state index in [0.29, 0.717) is 10.8 Å². The number of para-hydroxylation sites is 2. The molecule has 0 aliphatic carbocycles. The van der Waals surface area contributed by atoms with Crippen LogP contribution in [0.4, 0.5) is 5.95 Å². The number of fused-ring (bicyclic) bond motifs is 1. The first-order chi connectivity index (χ1) is 9.69. The van der Waals surface area contributed by atoms with E-state index in [2.05, 4.69) is 31.5 Å². The molecule has 6 heteroatoms. The average Bonchev–Trinajstić information content (AvgIpc) is 3.01. The molecule has 2 heterocycles. The molecule has 0 saturated carbocycles. The summed E-state index contributed by atoms with van der Waals surface area (Å²) in [5.74, 6) is 0.607. The van der Waals surface area contributed by atoms with Crippen molar-refractivity contribution in [2.75, 3.05) is 11.9 Å². The van der Waals surface area contributed by atoms with E-state index in [-0.39, 0.29) is 11.9 Å². The van der Waals surface area contributed by atoms with Gasteiger partial charge in [-0.05, 0) is 25.5 Å². The molecular formula is C14H17BrN4O. The third-order valence-electron chi connectivity index (χ3n) is 3.60. The second-order valence-corrected chi connectivity index (χ2v) is 6.25. The standard InChI is InChI=1S/C14H17BrN4O/c1-2-19-12-6-4-3-5-10(12)17-14(19)18-13(20)11-7-9(15)8-16-11/h3-6,9,11,16H,2,7-8H2,1H3,(H,17,18,20). The monoisotopic (exact) mass is 336 g/mol. The van der Waals surface area contributed by atoms with Gasteiger partial charge in [-0.3, -0.25) is 10.1 Å². The van der Waals surface area contributed by atoms with Crippen molar-refractivity contribution in [3.8, 4) is 0 Å². The number of hydrogen-bond acceptors (Lipinski definition) is 3. The van der Waals surface area contributed by atoms with E-state index in [1.807, 2.05) is 35.8 Å². The van der Waals surface area contributed by atoms with Crippen molar-refractivity contribution in [1.29, 1.82) is 0 Å². The van der Waals surface area contributed by atoms with E-state index in [9.17, 15) is 4.79 Å². The Bertz CT molecular complexity index is 639. The van der Waals surface area contributed by atoms with Crippen LogP contribution in [0.25, 0.3) is 11.0 Å². The maximum Gasteiger partial charge on any atom is 0.243 e. The Balaban J connectivity index is 1.85. The van der Waals surface area contributed by atoms with Crippen LogP contribution in [0.15, 0.2) is 24.3 Å². The van der Waals surface area contributed by atoms with Crippen LogP contribution in [0.2, 0.25) is 0 Å². The van der Waals surface area contributed by atoms with E-state index in [1.165, 1.54) is 0 Å². The number of aryl methyl sites for hydroxylation is 1. The molecule has 106 valence electrons. The summed E-state index contributed by atoms with van der Waals surface area (Å²) in [6, 6.07) is 7.76. The summed E-state index contributed by atoms with van der Waals surface area (Å²) < 4.78 is 2.02. The van der Waals surface area contributed by atoms with Gasteiger partial charge in [0.15, 0.2) is 0 Å². The molecule has 2 unspecified atom stereocenters. The zero-order valence-corrected chi connectivity index (χ0v) is 12.9. The van der Waals surface area contributed by atoms with Crippen LogP contribution in [0.1, 0.15) is 13.3 Å². The Morgan fingerprint density at radius 3 is 3.05 bits per heavy atom. The van der Waals surface area contributed by atoms with Crippen molar-refractivity contribution in [2.45, 2.75) is 30.8 Å². The van der Waals surface area contributed by atoms with Gasteiger partial charge in [0.2, 0.25) is 11.9 Å². The molecule has 20 heavy (non-hydrogen) atoms. The topological polar surface area (TPSA) is 59.0 Å². The first-order valence-electron chi connectivity index (χ1n) is 6.82. The fourth-order valence-corrected chi connectivity index (χ4v) is 3.14. The highest BCUT2D eigenvalue weighted by atomic mass is 79.9. The second-order valence-electron chi connectivity index (χ2n) is 4.95. The van der Waals surface area contributed by atoms with Crippen LogP contribution in [0, 0.1) is 0 Å². The quantitative estimate of drug-likeness (QED) is 0.844. The number of hydrogen-bond donors (Lipinski definition) is 2. The summed E-state index contributed by atoms with van der Waals surface area (Å²) >= 11 is 3.53. The second kappa shape index (κ2) is 5.54. The van der Waals surface area contributed by atoms with Gasteiger partial charge >= 0.3 is 0 Å². The fourth-order valence-electron chi connectivity index (χ4n) is 2.58. The molecule has 2 N–H and O–H groups in total. The van der Waals surface area contributed by atoms with Crippen molar-refractivity contribution >= 4 is 38.8 Å². The minimum Gasteiger partial charge on any atom is -0.310 e. The summed E-state index contributed by atoms with van der Waals surface area (Å²) in [7, 11) is 0. The van der Waals surface area contributed by atoms with Crippen LogP contribution in [-0.2, 0) is 11.3 Å². The smallest absolute Gasteiger partial charge is 0.243 e. The number of carbonyl (C=O) groups excluding carboxylic acids is 1. The minimum absolute atomic E-state index is 0.0167. The van der Waals surface area contributed by atoms with E-state index >= 15 is 0 Å². The van der Waals surface area contributed by atoms with Gasteiger partial charge in [-0.2, -0.15) is 0 Å². The fraction of sp³-hybridized carbons (Fsp3) is 0.429. The highest BCUT2D eigenvalue weighted by molar-refractivity contribution is 9.09. The first kappa shape index (κ1) is 13.6. The van der Waals surface area contributed by atoms with E-state index in [1.54, 1.807) is 0 Å². The molecule has 1 saturated heterocycles. The van der Waals surface area contributed by atoms with Crippen molar-refractivity contribution < 1.29 is 4.79 Å². The SMILES string of the molecule is CCn1c(NC(=O)C2CC(Br)CN2)nc2ccccc21. The van der Waals surface area contributed by atoms with Crippen LogP contribution in [0.3, 0.4) is 0 Å². The maximum absolute atomic E-state index is 12.3. The number of imidazole rings is 1. The number of nitrogens with one attached hydrogen (secondary N) is 2. The van der Waals surface area contributed by atoms with Crippen LogP contribution >= 0.6 is 15.9 Å². The first-order valence-corrected chi connectivity index (χ1v) is 7.74. The summed E-state index contributed by atoms with van der Waals surface area (Å²) in [6.07, 6.45) is 0.804. The van der Waals surface area contributed by atoms with Gasteiger partial charge in [0.05, 0.1) is 17.1 Å². The number of amides is 1. The lowest BCUT2D eigenvalue weighted by Crippen LogP contribution is -2.36. The third-order valence-corrected chi connectivity index (χ3v) is 4.30. The van der Waals surface area contributed by atoms with Crippen molar-refractivity contribution in [1.82, 2.24) is 14.9 Å². The molecule has 5 nitrogen and oxygen atoms in total. The lowest BCUT2D eigenvalue weighted by atomic mass is 10.2. The molecule has 3 rings (SSSR count). The molecule has 1 aromatic carbocycles. The minimum atomic E-state index is -0.149. The van der Waals surface area contributed by atoms with Crippen LogP contribution in [0.5, 0.6) is 0 Å². The van der Waals surface area contributed by atoms with Gasteiger partial charge in [-0.1, -0.05) is 28.1 Å². The largest absolute Gasteiger partial charge is 0.310 e. The lowest BCUT2D eigenvalue weighted by molar-refractivity contribution is -0.117. The van der Waals surface area contributed by atoms with Gasteiger partial charge in [-0.15, -0.1) is 0 Å². The number of carbonyl (C=O) groups is 1. The van der Waals surface area contributed by atoms with E-state index in [4.69, 9.17) is 0 Å².